The van der Waals surface area contributed by atoms with Crippen LogP contribution in [0.4, 0.5) is 0 Å². The van der Waals surface area contributed by atoms with Crippen LogP contribution in [0, 0.1) is 0 Å². The van der Waals surface area contributed by atoms with Crippen molar-refractivity contribution in [2.45, 2.75) is 60.1 Å². The first-order valence-corrected chi connectivity index (χ1v) is 13.3. The lowest BCUT2D eigenvalue weighted by Gasteiger charge is -2.39. The van der Waals surface area contributed by atoms with E-state index >= 15 is 0 Å². The molecule has 202 valence electrons. The monoisotopic (exact) mass is 536 g/mol. The number of hydrogen-bond donors (Lipinski definition) is 1. The van der Waals surface area contributed by atoms with Crippen molar-refractivity contribution in [1.82, 2.24) is 10.2 Å². The molecule has 3 rings (SSSR count). The molecule has 0 aliphatic carbocycles. The highest BCUT2D eigenvalue weighted by molar-refractivity contribution is 7.80. The molecule has 1 heterocycles. The maximum Gasteiger partial charge on any atom is 0.338 e. The van der Waals surface area contributed by atoms with Crippen molar-refractivity contribution >= 4 is 35.3 Å². The number of amides is 1. The molecule has 38 heavy (non-hydrogen) atoms. The van der Waals surface area contributed by atoms with Gasteiger partial charge in [-0.15, -0.1) is 0 Å². The van der Waals surface area contributed by atoms with E-state index in [2.05, 4.69) is 12.2 Å². The van der Waals surface area contributed by atoms with E-state index in [0.29, 0.717) is 34.8 Å². The van der Waals surface area contributed by atoms with Crippen molar-refractivity contribution in [3.05, 3.63) is 76.5 Å². The van der Waals surface area contributed by atoms with E-state index < -0.39 is 12.0 Å². The first-order chi connectivity index (χ1) is 18.2. The molecule has 1 amide bonds. The minimum atomic E-state index is -0.835. The van der Waals surface area contributed by atoms with Gasteiger partial charge in [0.1, 0.15) is 17.5 Å². The standard InChI is InChI=1S/C30H36N2O5S/c1-7-17-36-23-15-13-22(14-16-23)18-20(5)28(33)32-27(24-11-9-10-12-25(24)37-19(3)4)26(29(34)35-8-2)21(6)31-30(32)38/h9-16,18-19,27H,7-8,17H2,1-6H3,(H,31,38)/b20-18+. The summed E-state index contributed by atoms with van der Waals surface area (Å²) in [6, 6.07) is 14.1. The average molecular weight is 537 g/mol. The zero-order chi connectivity index (χ0) is 27.8. The van der Waals surface area contributed by atoms with Crippen LogP contribution >= 0.6 is 12.2 Å². The number of carbonyl (C=O) groups excluding carboxylic acids is 2. The van der Waals surface area contributed by atoms with Crippen molar-refractivity contribution in [2.24, 2.45) is 0 Å². The van der Waals surface area contributed by atoms with Crippen LogP contribution in [0.25, 0.3) is 6.08 Å². The number of para-hydroxylation sites is 1. The van der Waals surface area contributed by atoms with Gasteiger partial charge in [-0.2, -0.15) is 0 Å². The summed E-state index contributed by atoms with van der Waals surface area (Å²) in [4.78, 5) is 28.6. The molecule has 2 aromatic rings. The molecular formula is C30H36N2O5S. The minimum Gasteiger partial charge on any atom is -0.494 e. The third kappa shape index (κ3) is 6.81. The molecule has 0 spiro atoms. The summed E-state index contributed by atoms with van der Waals surface area (Å²) in [5.41, 5.74) is 2.77. The van der Waals surface area contributed by atoms with E-state index in [4.69, 9.17) is 26.4 Å². The van der Waals surface area contributed by atoms with Gasteiger partial charge in [0.25, 0.3) is 5.91 Å². The average Bonchev–Trinajstić information content (AvgIpc) is 2.87. The Balaban J connectivity index is 2.07. The summed E-state index contributed by atoms with van der Waals surface area (Å²) in [6.07, 6.45) is 2.60. The number of carbonyl (C=O) groups is 2. The zero-order valence-corrected chi connectivity index (χ0v) is 23.7. The lowest BCUT2D eigenvalue weighted by Crippen LogP contribution is -2.51. The molecule has 8 heteroatoms. The molecule has 1 atom stereocenters. The van der Waals surface area contributed by atoms with Crippen molar-refractivity contribution < 1.29 is 23.8 Å². The molecule has 1 unspecified atom stereocenters. The fraction of sp³-hybridized carbons (Fsp3) is 0.367. The van der Waals surface area contributed by atoms with Crippen molar-refractivity contribution in [3.63, 3.8) is 0 Å². The van der Waals surface area contributed by atoms with Crippen LogP contribution in [0.15, 0.2) is 65.4 Å². The first kappa shape index (κ1) is 28.9. The summed E-state index contributed by atoms with van der Waals surface area (Å²) in [5, 5.41) is 3.23. The number of nitrogens with one attached hydrogen (secondary N) is 1. The topological polar surface area (TPSA) is 77.1 Å². The SMILES string of the molecule is CCCOc1ccc(/C=C(\C)C(=O)N2C(=S)NC(C)=C(C(=O)OCC)C2c2ccccc2OC(C)C)cc1. The maximum absolute atomic E-state index is 14.0. The quantitative estimate of drug-likeness (QED) is 0.228. The van der Waals surface area contributed by atoms with Crippen LogP contribution in [0.5, 0.6) is 11.5 Å². The first-order valence-electron chi connectivity index (χ1n) is 12.9. The Hall–Kier alpha value is -3.65. The van der Waals surface area contributed by atoms with Crippen LogP contribution in [-0.2, 0) is 14.3 Å². The Bertz CT molecular complexity index is 1230. The van der Waals surface area contributed by atoms with Crippen LogP contribution in [0.3, 0.4) is 0 Å². The molecule has 0 aromatic heterocycles. The fourth-order valence-corrected chi connectivity index (χ4v) is 4.51. The minimum absolute atomic E-state index is 0.115. The largest absolute Gasteiger partial charge is 0.494 e. The molecule has 7 nitrogen and oxygen atoms in total. The number of nitrogens with zero attached hydrogens (tertiary/aromatic N) is 1. The lowest BCUT2D eigenvalue weighted by molar-refractivity contribution is -0.139. The predicted molar refractivity (Wildman–Crippen MR) is 153 cm³/mol. The molecule has 0 bridgehead atoms. The van der Waals surface area contributed by atoms with E-state index in [1.165, 1.54) is 4.90 Å². The van der Waals surface area contributed by atoms with Gasteiger partial charge < -0.3 is 19.5 Å². The van der Waals surface area contributed by atoms with Crippen LogP contribution in [-0.4, -0.2) is 41.2 Å². The van der Waals surface area contributed by atoms with Gasteiger partial charge in [0.15, 0.2) is 5.11 Å². The predicted octanol–water partition coefficient (Wildman–Crippen LogP) is 5.96. The highest BCUT2D eigenvalue weighted by atomic mass is 32.1. The normalized spacial score (nSPS) is 15.9. The van der Waals surface area contributed by atoms with E-state index in [-0.39, 0.29) is 23.7 Å². The Labute approximate surface area is 230 Å². The van der Waals surface area contributed by atoms with Gasteiger partial charge in [-0.05, 0) is 83.1 Å². The summed E-state index contributed by atoms with van der Waals surface area (Å²) in [7, 11) is 0. The maximum atomic E-state index is 14.0. The van der Waals surface area contributed by atoms with E-state index in [1.807, 2.05) is 62.4 Å². The second kappa shape index (κ2) is 13.2. The number of esters is 1. The number of allylic oxidation sites excluding steroid dienone is 1. The van der Waals surface area contributed by atoms with Gasteiger partial charge in [-0.1, -0.05) is 37.3 Å². The van der Waals surface area contributed by atoms with Gasteiger partial charge in [0.2, 0.25) is 0 Å². The highest BCUT2D eigenvalue weighted by Crippen LogP contribution is 2.40. The molecule has 2 aromatic carbocycles. The highest BCUT2D eigenvalue weighted by Gasteiger charge is 2.41. The Morgan fingerprint density at radius 2 is 1.79 bits per heavy atom. The number of hydrogen-bond acceptors (Lipinski definition) is 6. The van der Waals surface area contributed by atoms with Gasteiger partial charge in [0.05, 0.1) is 24.9 Å². The van der Waals surface area contributed by atoms with Crippen LogP contribution in [0.2, 0.25) is 0 Å². The van der Waals surface area contributed by atoms with Crippen molar-refractivity contribution in [2.75, 3.05) is 13.2 Å². The Morgan fingerprint density at radius 1 is 1.11 bits per heavy atom. The third-order valence-corrected chi connectivity index (χ3v) is 6.11. The number of ether oxygens (including phenoxy) is 3. The van der Waals surface area contributed by atoms with Gasteiger partial charge in [0, 0.05) is 16.8 Å². The molecule has 1 aliphatic heterocycles. The number of benzene rings is 2. The lowest BCUT2D eigenvalue weighted by atomic mass is 9.92. The van der Waals surface area contributed by atoms with Crippen LogP contribution < -0.4 is 14.8 Å². The summed E-state index contributed by atoms with van der Waals surface area (Å²) < 4.78 is 17.1. The molecule has 1 N–H and O–H groups in total. The van der Waals surface area contributed by atoms with Crippen molar-refractivity contribution in [1.29, 1.82) is 0 Å². The van der Waals surface area contributed by atoms with Crippen molar-refractivity contribution in [3.8, 4) is 11.5 Å². The fourth-order valence-electron chi connectivity index (χ4n) is 4.17. The van der Waals surface area contributed by atoms with E-state index in [1.54, 1.807) is 26.8 Å². The third-order valence-electron chi connectivity index (χ3n) is 5.81. The summed E-state index contributed by atoms with van der Waals surface area (Å²) in [5.74, 6) is 0.476. The summed E-state index contributed by atoms with van der Waals surface area (Å²) in [6.45, 7) is 12.0. The summed E-state index contributed by atoms with van der Waals surface area (Å²) >= 11 is 5.66. The van der Waals surface area contributed by atoms with Gasteiger partial charge in [-0.25, -0.2) is 4.79 Å². The molecule has 0 radical (unpaired) electrons. The zero-order valence-electron chi connectivity index (χ0n) is 22.9. The Kier molecular flexibility index (Phi) is 10.1. The van der Waals surface area contributed by atoms with E-state index in [0.717, 1.165) is 17.7 Å². The molecular weight excluding hydrogens is 500 g/mol. The Morgan fingerprint density at radius 3 is 2.42 bits per heavy atom. The number of thiocarbonyl (C=S) groups is 1. The van der Waals surface area contributed by atoms with E-state index in [9.17, 15) is 9.59 Å². The molecule has 0 fully saturated rings. The molecule has 1 aliphatic rings. The van der Waals surface area contributed by atoms with Crippen LogP contribution in [0.1, 0.15) is 65.1 Å². The molecule has 0 saturated heterocycles. The number of rotatable bonds is 10. The second-order valence-electron chi connectivity index (χ2n) is 9.22. The molecule has 0 saturated carbocycles. The van der Waals surface area contributed by atoms with Gasteiger partial charge in [-0.3, -0.25) is 9.69 Å². The second-order valence-corrected chi connectivity index (χ2v) is 9.60. The van der Waals surface area contributed by atoms with Gasteiger partial charge >= 0.3 is 5.97 Å². The smallest absolute Gasteiger partial charge is 0.338 e.